The molecule has 0 amide bonds. The highest BCUT2D eigenvalue weighted by Gasteiger charge is 2.09. The Morgan fingerprint density at radius 3 is 2.75 bits per heavy atom. The number of rotatable bonds is 6. The fraction of sp³-hybridized carbons (Fsp3) is 0.357. The number of nitrogens with two attached hydrogens (primary N) is 1. The number of sulfone groups is 1. The summed E-state index contributed by atoms with van der Waals surface area (Å²) in [5.74, 6) is 0.677. The number of benzene rings is 1. The molecule has 6 heteroatoms. The quantitative estimate of drug-likeness (QED) is 0.825. The zero-order valence-electron chi connectivity index (χ0n) is 11.4. The Hall–Kier alpha value is -1.11. The summed E-state index contributed by atoms with van der Waals surface area (Å²) in [4.78, 5) is 4.63. The molecule has 0 bridgehead atoms. The molecule has 2 aromatic rings. The van der Waals surface area contributed by atoms with Crippen molar-refractivity contribution in [2.24, 2.45) is 5.73 Å². The van der Waals surface area contributed by atoms with Crippen LogP contribution < -0.4 is 5.73 Å². The molecule has 108 valence electrons. The highest BCUT2D eigenvalue weighted by molar-refractivity contribution is 8.00. The highest BCUT2D eigenvalue weighted by Crippen LogP contribution is 2.25. The number of hydrogen-bond acceptors (Lipinski definition) is 5. The molecule has 0 atom stereocenters. The van der Waals surface area contributed by atoms with Crippen LogP contribution in [0, 0.1) is 0 Å². The molecular weight excluding hydrogens is 292 g/mol. The monoisotopic (exact) mass is 310 g/mol. The van der Waals surface area contributed by atoms with Crippen molar-refractivity contribution in [3.8, 4) is 0 Å². The summed E-state index contributed by atoms with van der Waals surface area (Å²) in [6.07, 6.45) is 2.00. The van der Waals surface area contributed by atoms with Gasteiger partial charge in [0.05, 0.1) is 16.3 Å². The molecule has 0 saturated heterocycles. The van der Waals surface area contributed by atoms with Gasteiger partial charge in [-0.2, -0.15) is 0 Å². The minimum absolute atomic E-state index is 0.161. The first-order valence-corrected chi connectivity index (χ1v) is 9.43. The van der Waals surface area contributed by atoms with Crippen LogP contribution in [0.5, 0.6) is 0 Å². The Kier molecular flexibility index (Phi) is 5.01. The molecule has 0 fully saturated rings. The maximum atomic E-state index is 11.2. The molecule has 0 aliphatic heterocycles. The van der Waals surface area contributed by atoms with Gasteiger partial charge in [0, 0.05) is 17.4 Å². The van der Waals surface area contributed by atoms with Crippen LogP contribution in [0.15, 0.2) is 35.4 Å². The molecule has 20 heavy (non-hydrogen) atoms. The predicted molar refractivity (Wildman–Crippen MR) is 84.9 cm³/mol. The van der Waals surface area contributed by atoms with E-state index in [1.54, 1.807) is 0 Å². The summed E-state index contributed by atoms with van der Waals surface area (Å²) < 4.78 is 22.4. The first kappa shape index (κ1) is 15.3. The van der Waals surface area contributed by atoms with Crippen LogP contribution in [-0.2, 0) is 16.3 Å². The number of hydrogen-bond donors (Lipinski definition) is 1. The molecule has 0 spiro atoms. The lowest BCUT2D eigenvalue weighted by atomic mass is 10.1. The van der Waals surface area contributed by atoms with Gasteiger partial charge in [0.15, 0.2) is 0 Å². The smallest absolute Gasteiger partial charge is 0.148 e. The second-order valence-corrected chi connectivity index (χ2v) is 8.01. The van der Waals surface area contributed by atoms with E-state index in [2.05, 4.69) is 11.1 Å². The Balaban J connectivity index is 2.27. The van der Waals surface area contributed by atoms with Gasteiger partial charge in [0.25, 0.3) is 0 Å². The summed E-state index contributed by atoms with van der Waals surface area (Å²) in [5, 5.41) is 1.97. The molecule has 0 saturated carbocycles. The van der Waals surface area contributed by atoms with E-state index in [9.17, 15) is 8.42 Å². The van der Waals surface area contributed by atoms with Crippen LogP contribution in [0.25, 0.3) is 10.9 Å². The van der Waals surface area contributed by atoms with Crippen LogP contribution in [0.2, 0.25) is 0 Å². The SMILES string of the molecule is CS(=O)(=O)CCSc1nc2ccccc2cc1CCN. The van der Waals surface area contributed by atoms with Gasteiger partial charge in [-0.25, -0.2) is 13.4 Å². The molecular formula is C14H18N2O2S2. The highest BCUT2D eigenvalue weighted by atomic mass is 32.2. The van der Waals surface area contributed by atoms with Gasteiger partial charge in [0.1, 0.15) is 9.84 Å². The van der Waals surface area contributed by atoms with Gasteiger partial charge in [-0.05, 0) is 30.7 Å². The van der Waals surface area contributed by atoms with Crippen molar-refractivity contribution in [1.82, 2.24) is 4.98 Å². The Bertz CT molecular complexity index is 699. The summed E-state index contributed by atoms with van der Waals surface area (Å²) in [5.41, 5.74) is 7.65. The van der Waals surface area contributed by atoms with E-state index in [-0.39, 0.29) is 5.75 Å². The maximum absolute atomic E-state index is 11.2. The average molecular weight is 310 g/mol. The average Bonchev–Trinajstić information content (AvgIpc) is 2.38. The second-order valence-electron chi connectivity index (χ2n) is 4.66. The first-order chi connectivity index (χ1) is 9.49. The molecule has 2 N–H and O–H groups in total. The topological polar surface area (TPSA) is 73.0 Å². The Labute approximate surface area is 123 Å². The molecule has 0 unspecified atom stereocenters. The molecule has 0 aliphatic rings. The van der Waals surface area contributed by atoms with Crippen molar-refractivity contribution in [3.63, 3.8) is 0 Å². The van der Waals surface area contributed by atoms with E-state index in [0.29, 0.717) is 12.3 Å². The molecule has 1 aromatic heterocycles. The maximum Gasteiger partial charge on any atom is 0.148 e. The number of aromatic nitrogens is 1. The van der Waals surface area contributed by atoms with E-state index in [0.717, 1.165) is 27.9 Å². The molecule has 1 aromatic carbocycles. The standard InChI is InChI=1S/C14H18N2O2S2/c1-20(17,18)9-8-19-14-12(6-7-15)10-11-4-2-3-5-13(11)16-14/h2-5,10H,6-9,15H2,1H3. The van der Waals surface area contributed by atoms with E-state index in [1.165, 1.54) is 18.0 Å². The van der Waals surface area contributed by atoms with E-state index in [1.807, 2.05) is 24.3 Å². The third kappa shape index (κ3) is 4.19. The number of para-hydroxylation sites is 1. The van der Waals surface area contributed by atoms with E-state index < -0.39 is 9.84 Å². The zero-order valence-corrected chi connectivity index (χ0v) is 13.0. The Morgan fingerprint density at radius 1 is 1.30 bits per heavy atom. The van der Waals surface area contributed by atoms with Gasteiger partial charge in [-0.3, -0.25) is 0 Å². The summed E-state index contributed by atoms with van der Waals surface area (Å²) in [6.45, 7) is 0.555. The number of thioether (sulfide) groups is 1. The van der Waals surface area contributed by atoms with Gasteiger partial charge in [0.2, 0.25) is 0 Å². The lowest BCUT2D eigenvalue weighted by Gasteiger charge is -2.09. The molecule has 1 heterocycles. The van der Waals surface area contributed by atoms with Gasteiger partial charge in [-0.1, -0.05) is 18.2 Å². The van der Waals surface area contributed by atoms with Crippen LogP contribution in [0.4, 0.5) is 0 Å². The number of fused-ring (bicyclic) bond motifs is 1. The van der Waals surface area contributed by atoms with Crippen molar-refractivity contribution >= 4 is 32.5 Å². The van der Waals surface area contributed by atoms with Crippen LogP contribution >= 0.6 is 11.8 Å². The van der Waals surface area contributed by atoms with Gasteiger partial charge < -0.3 is 5.73 Å². The summed E-state index contributed by atoms with van der Waals surface area (Å²) >= 11 is 1.48. The van der Waals surface area contributed by atoms with Crippen molar-refractivity contribution in [2.45, 2.75) is 11.4 Å². The van der Waals surface area contributed by atoms with Crippen molar-refractivity contribution in [2.75, 3.05) is 24.3 Å². The first-order valence-electron chi connectivity index (χ1n) is 6.39. The predicted octanol–water partition coefficient (Wildman–Crippen LogP) is 1.87. The molecule has 2 rings (SSSR count). The van der Waals surface area contributed by atoms with Crippen LogP contribution in [-0.4, -0.2) is 37.7 Å². The minimum atomic E-state index is -2.94. The summed E-state index contributed by atoms with van der Waals surface area (Å²) in [7, 11) is -2.94. The number of nitrogens with zero attached hydrogens (tertiary/aromatic N) is 1. The largest absolute Gasteiger partial charge is 0.330 e. The molecule has 0 aliphatic carbocycles. The van der Waals surface area contributed by atoms with Crippen molar-refractivity contribution in [1.29, 1.82) is 0 Å². The third-order valence-electron chi connectivity index (χ3n) is 2.87. The molecule has 0 radical (unpaired) electrons. The second kappa shape index (κ2) is 6.56. The van der Waals surface area contributed by atoms with Crippen molar-refractivity contribution < 1.29 is 8.42 Å². The number of pyridine rings is 1. The minimum Gasteiger partial charge on any atom is -0.330 e. The van der Waals surface area contributed by atoms with E-state index >= 15 is 0 Å². The summed E-state index contributed by atoms with van der Waals surface area (Å²) in [6, 6.07) is 10.0. The van der Waals surface area contributed by atoms with Crippen LogP contribution in [0.3, 0.4) is 0 Å². The van der Waals surface area contributed by atoms with E-state index in [4.69, 9.17) is 5.73 Å². The van der Waals surface area contributed by atoms with Crippen LogP contribution in [0.1, 0.15) is 5.56 Å². The normalized spacial score (nSPS) is 11.9. The Morgan fingerprint density at radius 2 is 2.05 bits per heavy atom. The fourth-order valence-electron chi connectivity index (χ4n) is 1.89. The third-order valence-corrected chi connectivity index (χ3v) is 5.11. The molecule has 4 nitrogen and oxygen atoms in total. The van der Waals surface area contributed by atoms with Crippen molar-refractivity contribution in [3.05, 3.63) is 35.9 Å². The lowest BCUT2D eigenvalue weighted by molar-refractivity contribution is 0.603. The lowest BCUT2D eigenvalue weighted by Crippen LogP contribution is -2.07. The fourth-order valence-corrected chi connectivity index (χ4v) is 4.14. The van der Waals surface area contributed by atoms with Gasteiger partial charge in [-0.15, -0.1) is 11.8 Å². The zero-order chi connectivity index (χ0) is 14.6. The van der Waals surface area contributed by atoms with Gasteiger partial charge >= 0.3 is 0 Å².